The molecule has 200 valence electrons. The smallest absolute Gasteiger partial charge is 0.481 e. The molecule has 5 aromatic carbocycles. The third-order valence-electron chi connectivity index (χ3n) is 7.80. The molecule has 0 saturated carbocycles. The summed E-state index contributed by atoms with van der Waals surface area (Å²) in [6, 6.07) is 46.6. The Kier molecular flexibility index (Phi) is 5.63. The van der Waals surface area contributed by atoms with E-state index in [0.29, 0.717) is 5.89 Å². The minimum Gasteiger partial charge on any atom is -0.481 e. The van der Waals surface area contributed by atoms with E-state index < -0.39 is 0 Å². The Labute approximate surface area is 254 Å². The van der Waals surface area contributed by atoms with E-state index >= 15 is 0 Å². The topological polar surface area (TPSA) is 48.8 Å². The summed E-state index contributed by atoms with van der Waals surface area (Å²) in [6.45, 7) is 0. The van der Waals surface area contributed by atoms with Crippen LogP contribution in [-0.4, -0.2) is 19.1 Å². The number of hydrogen-bond donors (Lipinski definition) is 0. The van der Waals surface area contributed by atoms with Gasteiger partial charge in [-0.05, 0) is 52.7 Å². The molecule has 4 aromatic heterocycles. The zero-order valence-electron chi connectivity index (χ0n) is 22.1. The predicted molar refractivity (Wildman–Crippen MR) is 164 cm³/mol. The standard InChI is InChI=1S/C36H20N4O.Pt/c1-4-12-30-25(9-1)27-18-16-23(36-38-29-11-3-6-14-34(29)41-36)21-32(27)39(30)24-17-19-28-26-10-2-5-13-31(26)40(33(28)22-24)35-15-7-8-20-37-35;/h1-20H;/q-2;+2. The number of para-hydroxylation sites is 4. The maximum Gasteiger partial charge on any atom is 2.00 e. The van der Waals surface area contributed by atoms with Gasteiger partial charge in [-0.2, -0.15) is 6.07 Å². The van der Waals surface area contributed by atoms with Gasteiger partial charge in [0.15, 0.2) is 0 Å². The van der Waals surface area contributed by atoms with Crippen molar-refractivity contribution in [3.05, 3.63) is 134 Å². The van der Waals surface area contributed by atoms with Crippen molar-refractivity contribution in [2.24, 2.45) is 0 Å². The normalized spacial score (nSPS) is 11.6. The molecule has 0 N–H and O–H groups in total. The molecule has 0 spiro atoms. The van der Waals surface area contributed by atoms with E-state index in [1.54, 1.807) is 0 Å². The van der Waals surface area contributed by atoms with E-state index in [-0.39, 0.29) is 21.1 Å². The van der Waals surface area contributed by atoms with Gasteiger partial charge in [0.1, 0.15) is 17.3 Å². The van der Waals surface area contributed by atoms with Crippen LogP contribution in [0, 0.1) is 12.1 Å². The van der Waals surface area contributed by atoms with Gasteiger partial charge in [0.05, 0.1) is 5.52 Å². The number of nitrogens with zero attached hydrogens (tertiary/aromatic N) is 4. The molecule has 0 atom stereocenters. The Hall–Kier alpha value is -4.99. The van der Waals surface area contributed by atoms with Crippen LogP contribution in [0.2, 0.25) is 0 Å². The quantitative estimate of drug-likeness (QED) is 0.172. The number of rotatable bonds is 3. The number of pyridine rings is 1. The minimum absolute atomic E-state index is 0. The first-order valence-corrected chi connectivity index (χ1v) is 13.5. The van der Waals surface area contributed by atoms with Crippen LogP contribution in [0.5, 0.6) is 0 Å². The van der Waals surface area contributed by atoms with Gasteiger partial charge in [0.25, 0.3) is 0 Å². The van der Waals surface area contributed by atoms with Crippen LogP contribution >= 0.6 is 0 Å². The van der Waals surface area contributed by atoms with Crippen molar-refractivity contribution < 1.29 is 25.5 Å². The second-order valence-electron chi connectivity index (χ2n) is 10.1. The van der Waals surface area contributed by atoms with Crippen molar-refractivity contribution in [3.8, 4) is 23.0 Å². The Morgan fingerprint density at radius 3 is 2.00 bits per heavy atom. The van der Waals surface area contributed by atoms with Crippen molar-refractivity contribution in [1.29, 1.82) is 0 Å². The van der Waals surface area contributed by atoms with Crippen molar-refractivity contribution in [2.75, 3.05) is 0 Å². The second kappa shape index (κ2) is 9.54. The van der Waals surface area contributed by atoms with Gasteiger partial charge in [0, 0.05) is 17.2 Å². The fourth-order valence-corrected chi connectivity index (χ4v) is 5.99. The zero-order chi connectivity index (χ0) is 26.9. The summed E-state index contributed by atoms with van der Waals surface area (Å²) < 4.78 is 10.5. The molecule has 6 heteroatoms. The molecule has 0 unspecified atom stereocenters. The molecule has 0 bridgehead atoms. The number of fused-ring (bicyclic) bond motifs is 7. The first-order valence-electron chi connectivity index (χ1n) is 13.5. The summed E-state index contributed by atoms with van der Waals surface area (Å²) in [4.78, 5) is 9.42. The molecule has 0 amide bonds. The van der Waals surface area contributed by atoms with Gasteiger partial charge in [0.2, 0.25) is 0 Å². The molecular weight excluding hydrogens is 700 g/mol. The zero-order valence-corrected chi connectivity index (χ0v) is 24.3. The monoisotopic (exact) mass is 719 g/mol. The molecule has 42 heavy (non-hydrogen) atoms. The molecule has 0 aliphatic heterocycles. The van der Waals surface area contributed by atoms with E-state index in [2.05, 4.69) is 93.0 Å². The third-order valence-corrected chi connectivity index (χ3v) is 7.80. The predicted octanol–water partition coefficient (Wildman–Crippen LogP) is 8.68. The van der Waals surface area contributed by atoms with E-state index in [0.717, 1.165) is 66.4 Å². The summed E-state index contributed by atoms with van der Waals surface area (Å²) in [5.41, 5.74) is 7.43. The molecule has 9 aromatic rings. The first kappa shape index (κ1) is 24.8. The molecule has 0 aliphatic rings. The third kappa shape index (κ3) is 3.60. The second-order valence-corrected chi connectivity index (χ2v) is 10.1. The number of oxazole rings is 1. The number of benzene rings is 5. The average Bonchev–Trinajstić information content (AvgIpc) is 3.71. The van der Waals surface area contributed by atoms with Gasteiger partial charge in [-0.3, -0.25) is 4.98 Å². The maximum atomic E-state index is 6.11. The molecule has 0 aliphatic carbocycles. The summed E-state index contributed by atoms with van der Waals surface area (Å²) >= 11 is 0. The van der Waals surface area contributed by atoms with E-state index in [9.17, 15) is 0 Å². The fraction of sp³-hybridized carbons (Fsp3) is 0. The van der Waals surface area contributed by atoms with E-state index in [1.807, 2.05) is 54.7 Å². The van der Waals surface area contributed by atoms with Gasteiger partial charge in [-0.25, -0.2) is 4.98 Å². The van der Waals surface area contributed by atoms with E-state index in [1.165, 1.54) is 5.39 Å². The van der Waals surface area contributed by atoms with Crippen LogP contribution in [0.25, 0.3) is 77.7 Å². The summed E-state index contributed by atoms with van der Waals surface area (Å²) in [5.74, 6) is 1.42. The Morgan fingerprint density at radius 2 is 1.24 bits per heavy atom. The van der Waals surface area contributed by atoms with Gasteiger partial charge in [-0.1, -0.05) is 76.8 Å². The molecule has 0 saturated heterocycles. The summed E-state index contributed by atoms with van der Waals surface area (Å²) in [5, 5.41) is 4.57. The van der Waals surface area contributed by atoms with Crippen LogP contribution in [-0.2, 0) is 21.1 Å². The van der Waals surface area contributed by atoms with Crippen molar-refractivity contribution in [3.63, 3.8) is 0 Å². The van der Waals surface area contributed by atoms with Crippen LogP contribution in [0.4, 0.5) is 0 Å². The SMILES string of the molecule is [Pt+2].[c-]1c(-c2nc3ccccc3o2)ccc2c3ccccc3n(-c3[c-]c4c(cc3)c3ccccc3n4-c3ccccn3)c12. The molecule has 0 radical (unpaired) electrons. The molecule has 0 fully saturated rings. The van der Waals surface area contributed by atoms with Gasteiger partial charge >= 0.3 is 21.1 Å². The van der Waals surface area contributed by atoms with Crippen LogP contribution in [0.3, 0.4) is 0 Å². The molecule has 5 nitrogen and oxygen atoms in total. The molecular formula is C36H20N4OPt. The molecule has 4 heterocycles. The van der Waals surface area contributed by atoms with Crippen molar-refractivity contribution >= 4 is 54.7 Å². The minimum atomic E-state index is 0. The number of hydrogen-bond acceptors (Lipinski definition) is 3. The Balaban J connectivity index is 0.00000267. The Bertz CT molecular complexity index is 2400. The van der Waals surface area contributed by atoms with Crippen LogP contribution in [0.15, 0.2) is 126 Å². The van der Waals surface area contributed by atoms with Crippen LogP contribution in [0.1, 0.15) is 0 Å². The largest absolute Gasteiger partial charge is 2.00 e. The molecule has 9 rings (SSSR count). The number of aromatic nitrogens is 4. The van der Waals surface area contributed by atoms with Gasteiger partial charge in [-0.15, -0.1) is 35.7 Å². The fourth-order valence-electron chi connectivity index (χ4n) is 5.99. The summed E-state index contributed by atoms with van der Waals surface area (Å²) in [7, 11) is 0. The van der Waals surface area contributed by atoms with Crippen molar-refractivity contribution in [1.82, 2.24) is 19.1 Å². The Morgan fingerprint density at radius 1 is 0.571 bits per heavy atom. The summed E-state index contributed by atoms with van der Waals surface area (Å²) in [6.07, 6.45) is 1.83. The van der Waals surface area contributed by atoms with E-state index in [4.69, 9.17) is 9.40 Å². The first-order chi connectivity index (χ1) is 20.3. The maximum absolute atomic E-state index is 6.11. The van der Waals surface area contributed by atoms with Gasteiger partial charge < -0.3 is 13.6 Å². The average molecular weight is 720 g/mol. The van der Waals surface area contributed by atoms with Crippen molar-refractivity contribution in [2.45, 2.75) is 0 Å². The van der Waals surface area contributed by atoms with Crippen LogP contribution < -0.4 is 0 Å².